The molecule has 1 aromatic rings. The fourth-order valence-corrected chi connectivity index (χ4v) is 4.77. The normalized spacial score (nSPS) is 19.9. The highest BCUT2D eigenvalue weighted by Gasteiger charge is 2.37. The summed E-state index contributed by atoms with van der Waals surface area (Å²) in [7, 11) is 1.41. The van der Waals surface area contributed by atoms with Crippen molar-refractivity contribution in [2.75, 3.05) is 13.7 Å². The Kier molecular flexibility index (Phi) is 6.83. The summed E-state index contributed by atoms with van der Waals surface area (Å²) in [5, 5.41) is 0. The van der Waals surface area contributed by atoms with Crippen LogP contribution in [0.15, 0.2) is 24.3 Å². The van der Waals surface area contributed by atoms with Crippen LogP contribution in [-0.4, -0.2) is 19.7 Å². The number of hydrogen-bond donors (Lipinski definition) is 0. The first-order chi connectivity index (χ1) is 13.1. The number of hydrogen-bond acceptors (Lipinski definition) is 3. The zero-order chi connectivity index (χ0) is 19.1. The molecule has 0 aliphatic heterocycles. The number of esters is 1. The molecule has 1 atom stereocenters. The number of methoxy groups -OCH3 is 1. The van der Waals surface area contributed by atoms with Gasteiger partial charge in [0.25, 0.3) is 0 Å². The zero-order valence-corrected chi connectivity index (χ0v) is 16.8. The van der Waals surface area contributed by atoms with Gasteiger partial charge in [0.15, 0.2) is 0 Å². The summed E-state index contributed by atoms with van der Waals surface area (Å²) in [4.78, 5) is 11.6. The van der Waals surface area contributed by atoms with E-state index in [1.54, 1.807) is 6.92 Å². The molecule has 2 aliphatic rings. The first-order valence-electron chi connectivity index (χ1n) is 10.4. The Hall–Kier alpha value is -1.95. The number of carbonyl (C=O) groups excluding carboxylic acids is 1. The second-order valence-corrected chi connectivity index (χ2v) is 8.26. The third-order valence-electron chi connectivity index (χ3n) is 6.52. The fraction of sp³-hybridized carbons (Fsp3) is 0.625. The zero-order valence-electron chi connectivity index (χ0n) is 16.8. The maximum absolute atomic E-state index is 11.6. The average molecular weight is 369 g/mol. The van der Waals surface area contributed by atoms with Crippen molar-refractivity contribution in [2.24, 2.45) is 11.3 Å². The minimum absolute atomic E-state index is 0.127. The fourth-order valence-electron chi connectivity index (χ4n) is 4.77. The van der Waals surface area contributed by atoms with E-state index >= 15 is 0 Å². The molecule has 1 aromatic carbocycles. The predicted octanol–water partition coefficient (Wildman–Crippen LogP) is 5.49. The van der Waals surface area contributed by atoms with Crippen molar-refractivity contribution in [2.45, 2.75) is 70.6 Å². The van der Waals surface area contributed by atoms with Gasteiger partial charge in [0.2, 0.25) is 0 Å². The molecule has 0 saturated heterocycles. The maximum atomic E-state index is 11.6. The van der Waals surface area contributed by atoms with Crippen LogP contribution in [-0.2, 0) is 9.53 Å². The smallest absolute Gasteiger partial charge is 0.307 e. The summed E-state index contributed by atoms with van der Waals surface area (Å²) in [5.41, 5.74) is 1.72. The molecule has 1 spiro atoms. The molecule has 0 radical (unpaired) electrons. The van der Waals surface area contributed by atoms with Crippen LogP contribution in [0.4, 0.5) is 0 Å². The predicted molar refractivity (Wildman–Crippen MR) is 108 cm³/mol. The van der Waals surface area contributed by atoms with Crippen molar-refractivity contribution >= 4 is 5.97 Å². The SMILES string of the molecule is CC#C[C@@H](CC(=O)OC)c1ccc(OCC2CCC3(CCCC3)CC2)cc1. The van der Waals surface area contributed by atoms with Gasteiger partial charge in [0.1, 0.15) is 5.75 Å². The van der Waals surface area contributed by atoms with Crippen molar-refractivity contribution in [3.8, 4) is 17.6 Å². The van der Waals surface area contributed by atoms with E-state index in [0.29, 0.717) is 11.3 Å². The van der Waals surface area contributed by atoms with E-state index < -0.39 is 0 Å². The van der Waals surface area contributed by atoms with E-state index in [1.807, 2.05) is 24.3 Å². The molecule has 27 heavy (non-hydrogen) atoms. The molecule has 146 valence electrons. The van der Waals surface area contributed by atoms with Crippen molar-refractivity contribution in [1.82, 2.24) is 0 Å². The Bertz CT molecular complexity index is 664. The second-order valence-electron chi connectivity index (χ2n) is 8.26. The lowest BCUT2D eigenvalue weighted by atomic mass is 9.69. The summed E-state index contributed by atoms with van der Waals surface area (Å²) >= 11 is 0. The highest BCUT2D eigenvalue weighted by Crippen LogP contribution is 2.50. The van der Waals surface area contributed by atoms with E-state index in [-0.39, 0.29) is 18.3 Å². The number of carbonyl (C=O) groups is 1. The van der Waals surface area contributed by atoms with Gasteiger partial charge >= 0.3 is 5.97 Å². The first-order valence-corrected chi connectivity index (χ1v) is 10.4. The third-order valence-corrected chi connectivity index (χ3v) is 6.52. The van der Waals surface area contributed by atoms with Gasteiger partial charge in [-0.25, -0.2) is 0 Å². The molecule has 3 rings (SSSR count). The molecule has 2 saturated carbocycles. The van der Waals surface area contributed by atoms with Crippen LogP contribution < -0.4 is 4.74 Å². The average Bonchev–Trinajstić information content (AvgIpc) is 3.15. The van der Waals surface area contributed by atoms with Gasteiger partial charge in [-0.15, -0.1) is 5.92 Å². The lowest BCUT2D eigenvalue weighted by molar-refractivity contribution is -0.140. The van der Waals surface area contributed by atoms with Crippen molar-refractivity contribution in [3.05, 3.63) is 29.8 Å². The minimum atomic E-state index is -0.236. The van der Waals surface area contributed by atoms with Crippen LogP contribution >= 0.6 is 0 Å². The van der Waals surface area contributed by atoms with Gasteiger partial charge in [-0.1, -0.05) is 30.9 Å². The van der Waals surface area contributed by atoms with Gasteiger partial charge < -0.3 is 9.47 Å². The molecule has 0 aromatic heterocycles. The maximum Gasteiger partial charge on any atom is 0.307 e. The molecular formula is C24H32O3. The highest BCUT2D eigenvalue weighted by molar-refractivity contribution is 5.71. The lowest BCUT2D eigenvalue weighted by Gasteiger charge is -2.37. The number of ether oxygens (including phenoxy) is 2. The number of benzene rings is 1. The van der Waals surface area contributed by atoms with Crippen molar-refractivity contribution in [3.63, 3.8) is 0 Å². The van der Waals surface area contributed by atoms with Gasteiger partial charge in [0.05, 0.1) is 26.1 Å². The Morgan fingerprint density at radius 3 is 2.41 bits per heavy atom. The monoisotopic (exact) mass is 368 g/mol. The van der Waals surface area contributed by atoms with E-state index in [1.165, 1.54) is 58.5 Å². The van der Waals surface area contributed by atoms with E-state index in [2.05, 4.69) is 11.8 Å². The quantitative estimate of drug-likeness (QED) is 0.492. The molecule has 0 N–H and O–H groups in total. The molecule has 0 unspecified atom stereocenters. The summed E-state index contributed by atoms with van der Waals surface area (Å²) in [6.07, 6.45) is 11.5. The Labute approximate surface area is 163 Å². The van der Waals surface area contributed by atoms with Crippen molar-refractivity contribution < 1.29 is 14.3 Å². The standard InChI is InChI=1S/C24H32O3/c1-3-6-21(17-23(25)26-2)20-7-9-22(10-8-20)27-18-19-11-15-24(16-12-19)13-4-5-14-24/h7-10,19,21H,4-5,11-18H2,1-2H3/t21-/m0/s1. The first kappa shape index (κ1) is 19.8. The van der Waals surface area contributed by atoms with Crippen LogP contribution in [0.25, 0.3) is 0 Å². The third kappa shape index (κ3) is 5.28. The number of rotatable bonds is 6. The second kappa shape index (κ2) is 9.31. The summed E-state index contributed by atoms with van der Waals surface area (Å²) in [5.74, 6) is 7.24. The van der Waals surface area contributed by atoms with Crippen molar-refractivity contribution in [1.29, 1.82) is 0 Å². The summed E-state index contributed by atoms with van der Waals surface area (Å²) in [6.45, 7) is 2.61. The van der Waals surface area contributed by atoms with Crippen LogP contribution in [0.1, 0.15) is 76.2 Å². The highest BCUT2D eigenvalue weighted by atomic mass is 16.5. The van der Waals surface area contributed by atoms with E-state index in [0.717, 1.165) is 17.9 Å². The Morgan fingerprint density at radius 2 is 1.81 bits per heavy atom. The summed E-state index contributed by atoms with van der Waals surface area (Å²) < 4.78 is 10.8. The summed E-state index contributed by atoms with van der Waals surface area (Å²) in [6, 6.07) is 8.03. The van der Waals surface area contributed by atoms with Crippen LogP contribution in [0.2, 0.25) is 0 Å². The van der Waals surface area contributed by atoms with E-state index in [9.17, 15) is 4.79 Å². The van der Waals surface area contributed by atoms with E-state index in [4.69, 9.17) is 9.47 Å². The van der Waals surface area contributed by atoms with Crippen LogP contribution in [0.5, 0.6) is 5.75 Å². The van der Waals surface area contributed by atoms with Gasteiger partial charge in [-0.05, 0) is 74.5 Å². The van der Waals surface area contributed by atoms with Gasteiger partial charge in [-0.3, -0.25) is 4.79 Å². The van der Waals surface area contributed by atoms with Crippen LogP contribution in [0, 0.1) is 23.2 Å². The van der Waals surface area contributed by atoms with Gasteiger partial charge in [0, 0.05) is 0 Å². The lowest BCUT2D eigenvalue weighted by Crippen LogP contribution is -2.27. The molecular weight excluding hydrogens is 336 g/mol. The minimum Gasteiger partial charge on any atom is -0.493 e. The molecule has 3 nitrogen and oxygen atoms in total. The topological polar surface area (TPSA) is 35.5 Å². The molecule has 2 fully saturated rings. The molecule has 0 bridgehead atoms. The largest absolute Gasteiger partial charge is 0.493 e. The molecule has 0 heterocycles. The molecule has 0 amide bonds. The Balaban J connectivity index is 1.50. The molecule has 3 heteroatoms. The Morgan fingerprint density at radius 1 is 1.15 bits per heavy atom. The van der Waals surface area contributed by atoms with Crippen LogP contribution in [0.3, 0.4) is 0 Å². The van der Waals surface area contributed by atoms with Gasteiger partial charge in [-0.2, -0.15) is 0 Å². The molecule has 2 aliphatic carbocycles.